The van der Waals surface area contributed by atoms with Crippen molar-refractivity contribution in [2.24, 2.45) is 0 Å². The number of benzene rings is 1. The van der Waals surface area contributed by atoms with Gasteiger partial charge in [-0.2, -0.15) is 0 Å². The van der Waals surface area contributed by atoms with Crippen molar-refractivity contribution in [2.75, 3.05) is 0 Å². The lowest BCUT2D eigenvalue weighted by Crippen LogP contribution is -1.91. The molecule has 1 aromatic heterocycles. The van der Waals surface area contributed by atoms with Gasteiger partial charge in [-0.1, -0.05) is 55.1 Å². The normalized spacial score (nSPS) is 12.8. The minimum atomic E-state index is 0.0729. The van der Waals surface area contributed by atoms with Crippen LogP contribution < -0.4 is 0 Å². The summed E-state index contributed by atoms with van der Waals surface area (Å²) < 4.78 is 1.84. The summed E-state index contributed by atoms with van der Waals surface area (Å²) in [5.41, 5.74) is 2.14. The topological polar surface area (TPSA) is 0 Å². The molecule has 2 rings (SSSR count). The summed E-state index contributed by atoms with van der Waals surface area (Å²) in [5.74, 6) is 0. The van der Waals surface area contributed by atoms with Crippen molar-refractivity contribution in [2.45, 2.75) is 11.8 Å². The molecule has 17 heavy (non-hydrogen) atoms. The Balaban J connectivity index is 2.42. The second-order valence-electron chi connectivity index (χ2n) is 3.63. The Kier molecular flexibility index (Phi) is 4.59. The maximum absolute atomic E-state index is 6.21. The summed E-state index contributed by atoms with van der Waals surface area (Å²) in [5, 5.41) is 0.747. The van der Waals surface area contributed by atoms with E-state index in [-0.39, 0.29) is 4.83 Å². The monoisotopic (exact) mass is 412 g/mol. The Bertz CT molecular complexity index is 532. The first-order valence-corrected chi connectivity index (χ1v) is 8.12. The van der Waals surface area contributed by atoms with Gasteiger partial charge in [0.15, 0.2) is 0 Å². The van der Waals surface area contributed by atoms with E-state index in [1.807, 2.05) is 25.1 Å². The lowest BCUT2D eigenvalue weighted by molar-refractivity contribution is 1.21. The Morgan fingerprint density at radius 1 is 1.24 bits per heavy atom. The molecule has 1 atom stereocenters. The van der Waals surface area contributed by atoms with Crippen molar-refractivity contribution in [1.82, 2.24) is 0 Å². The van der Waals surface area contributed by atoms with Crippen LogP contribution in [0.1, 0.15) is 20.8 Å². The van der Waals surface area contributed by atoms with Crippen LogP contribution in [0.5, 0.6) is 0 Å². The summed E-state index contributed by atoms with van der Waals surface area (Å²) in [6.45, 7) is 2.00. The lowest BCUT2D eigenvalue weighted by atomic mass is 10.1. The quantitative estimate of drug-likeness (QED) is 0.485. The Morgan fingerprint density at radius 2 is 1.94 bits per heavy atom. The van der Waals surface area contributed by atoms with Crippen LogP contribution in [0.3, 0.4) is 0 Å². The molecule has 5 heteroatoms. The number of thiophene rings is 1. The minimum absolute atomic E-state index is 0.0729. The highest BCUT2D eigenvalue weighted by Gasteiger charge is 2.17. The molecule has 0 bridgehead atoms. The van der Waals surface area contributed by atoms with Gasteiger partial charge < -0.3 is 0 Å². The van der Waals surface area contributed by atoms with Gasteiger partial charge in [0.2, 0.25) is 0 Å². The van der Waals surface area contributed by atoms with Crippen LogP contribution in [0.4, 0.5) is 0 Å². The van der Waals surface area contributed by atoms with Crippen molar-refractivity contribution in [3.63, 3.8) is 0 Å². The zero-order valence-electron chi connectivity index (χ0n) is 8.81. The molecule has 0 fully saturated rings. The summed E-state index contributed by atoms with van der Waals surface area (Å²) in [6.07, 6.45) is 0. The fourth-order valence-corrected chi connectivity index (χ4v) is 4.21. The number of hydrogen-bond donors (Lipinski definition) is 0. The Labute approximate surface area is 131 Å². The first-order chi connectivity index (χ1) is 7.99. The average molecular weight is 415 g/mol. The molecule has 1 aromatic carbocycles. The molecule has 1 heterocycles. The highest BCUT2D eigenvalue weighted by molar-refractivity contribution is 9.10. The van der Waals surface area contributed by atoms with Crippen molar-refractivity contribution >= 4 is 66.4 Å². The second kappa shape index (κ2) is 5.62. The first kappa shape index (κ1) is 13.9. The van der Waals surface area contributed by atoms with Crippen LogP contribution >= 0.6 is 66.4 Å². The van der Waals surface area contributed by atoms with E-state index >= 15 is 0 Å². The lowest BCUT2D eigenvalue weighted by Gasteiger charge is -2.10. The summed E-state index contributed by atoms with van der Waals surface area (Å²) in [7, 11) is 0. The third-order valence-electron chi connectivity index (χ3n) is 2.36. The van der Waals surface area contributed by atoms with E-state index in [1.54, 1.807) is 11.3 Å². The Hall–Kier alpha value is 0.460. The van der Waals surface area contributed by atoms with Crippen LogP contribution in [0.15, 0.2) is 28.7 Å². The van der Waals surface area contributed by atoms with Crippen molar-refractivity contribution in [3.8, 4) is 0 Å². The predicted molar refractivity (Wildman–Crippen MR) is 84.0 cm³/mol. The highest BCUT2D eigenvalue weighted by atomic mass is 79.9. The standard InChI is InChI=1S/C12H8Br2Cl2S/c1-6-4-10(17-12(6)16)11(14)8-5-7(13)2-3-9(8)15/h2-5,11H,1H3. The molecule has 0 nitrogen and oxygen atoms in total. The number of aryl methyl sites for hydroxylation is 1. The summed E-state index contributed by atoms with van der Waals surface area (Å²) in [6, 6.07) is 7.92. The minimum Gasteiger partial charge on any atom is -0.127 e. The zero-order valence-corrected chi connectivity index (χ0v) is 14.3. The first-order valence-electron chi connectivity index (χ1n) is 4.84. The number of halogens is 4. The third-order valence-corrected chi connectivity index (χ3v) is 6.10. The van der Waals surface area contributed by atoms with Gasteiger partial charge >= 0.3 is 0 Å². The van der Waals surface area contributed by atoms with E-state index < -0.39 is 0 Å². The summed E-state index contributed by atoms with van der Waals surface area (Å²) in [4.78, 5) is 1.23. The van der Waals surface area contributed by atoms with Gasteiger partial charge in [0.1, 0.15) is 0 Å². The van der Waals surface area contributed by atoms with Crippen LogP contribution in [0.25, 0.3) is 0 Å². The molecule has 0 saturated heterocycles. The molecule has 0 saturated carbocycles. The zero-order chi connectivity index (χ0) is 12.6. The van der Waals surface area contributed by atoms with E-state index in [2.05, 4.69) is 37.9 Å². The van der Waals surface area contributed by atoms with Crippen LogP contribution in [-0.2, 0) is 0 Å². The molecular weight excluding hydrogens is 407 g/mol. The SMILES string of the molecule is Cc1cc(C(Br)c2cc(Br)ccc2Cl)sc1Cl. The van der Waals surface area contributed by atoms with E-state index in [0.717, 1.165) is 29.8 Å². The molecule has 0 spiro atoms. The molecular formula is C12H8Br2Cl2S. The van der Waals surface area contributed by atoms with Crippen LogP contribution in [-0.4, -0.2) is 0 Å². The molecule has 0 aliphatic carbocycles. The van der Waals surface area contributed by atoms with E-state index in [4.69, 9.17) is 23.2 Å². The predicted octanol–water partition coefficient (Wildman–Crippen LogP) is 6.61. The van der Waals surface area contributed by atoms with Gasteiger partial charge in [-0.05, 0) is 42.3 Å². The second-order valence-corrected chi connectivity index (χ2v) is 7.56. The smallest absolute Gasteiger partial charge is 0.0960 e. The van der Waals surface area contributed by atoms with Gasteiger partial charge in [0, 0.05) is 14.4 Å². The van der Waals surface area contributed by atoms with Crippen molar-refractivity contribution in [1.29, 1.82) is 0 Å². The molecule has 0 N–H and O–H groups in total. The van der Waals surface area contributed by atoms with Gasteiger partial charge in [-0.15, -0.1) is 11.3 Å². The Morgan fingerprint density at radius 3 is 2.53 bits per heavy atom. The molecule has 90 valence electrons. The largest absolute Gasteiger partial charge is 0.127 e. The van der Waals surface area contributed by atoms with E-state index in [1.165, 1.54) is 0 Å². The maximum atomic E-state index is 6.21. The average Bonchev–Trinajstić information content (AvgIpc) is 2.62. The van der Waals surface area contributed by atoms with Crippen LogP contribution in [0.2, 0.25) is 9.36 Å². The van der Waals surface area contributed by atoms with Gasteiger partial charge in [0.05, 0.1) is 9.16 Å². The fourth-order valence-electron chi connectivity index (χ4n) is 1.47. The summed E-state index contributed by atoms with van der Waals surface area (Å²) >= 11 is 21.0. The van der Waals surface area contributed by atoms with Gasteiger partial charge in [-0.3, -0.25) is 0 Å². The highest BCUT2D eigenvalue weighted by Crippen LogP contribution is 2.41. The van der Waals surface area contributed by atoms with Crippen molar-refractivity contribution in [3.05, 3.63) is 54.1 Å². The number of alkyl halides is 1. The van der Waals surface area contributed by atoms with E-state index in [9.17, 15) is 0 Å². The molecule has 1 unspecified atom stereocenters. The van der Waals surface area contributed by atoms with Gasteiger partial charge in [-0.25, -0.2) is 0 Å². The van der Waals surface area contributed by atoms with E-state index in [0.29, 0.717) is 0 Å². The number of hydrogen-bond acceptors (Lipinski definition) is 1. The molecule has 0 radical (unpaired) electrons. The molecule has 0 amide bonds. The van der Waals surface area contributed by atoms with Gasteiger partial charge in [0.25, 0.3) is 0 Å². The third kappa shape index (κ3) is 3.07. The molecule has 0 aliphatic rings. The van der Waals surface area contributed by atoms with Crippen molar-refractivity contribution < 1.29 is 0 Å². The molecule has 0 aliphatic heterocycles. The number of rotatable bonds is 2. The van der Waals surface area contributed by atoms with Crippen LogP contribution in [0, 0.1) is 6.92 Å². The maximum Gasteiger partial charge on any atom is 0.0960 e. The fraction of sp³-hybridized carbons (Fsp3) is 0.167. The molecule has 2 aromatic rings.